The van der Waals surface area contributed by atoms with Gasteiger partial charge in [-0.25, -0.2) is 13.4 Å². The number of hydrogen-bond acceptors (Lipinski definition) is 5. The van der Waals surface area contributed by atoms with Crippen molar-refractivity contribution < 1.29 is 17.9 Å². The molecule has 0 saturated carbocycles. The minimum atomic E-state index is -3.86. The van der Waals surface area contributed by atoms with Gasteiger partial charge in [0.15, 0.2) is 0 Å². The Morgan fingerprint density at radius 3 is 2.39 bits per heavy atom. The summed E-state index contributed by atoms with van der Waals surface area (Å²) in [6, 6.07) is 25.3. The van der Waals surface area contributed by atoms with Gasteiger partial charge in [-0.3, -0.25) is 9.10 Å². The van der Waals surface area contributed by atoms with E-state index in [4.69, 9.17) is 4.74 Å². The van der Waals surface area contributed by atoms with Gasteiger partial charge in [0.1, 0.15) is 11.4 Å². The summed E-state index contributed by atoms with van der Waals surface area (Å²) in [6.07, 6.45) is 1.67. The van der Waals surface area contributed by atoms with Crippen LogP contribution in [0.3, 0.4) is 0 Å². The fourth-order valence-corrected chi connectivity index (χ4v) is 4.61. The highest BCUT2D eigenvalue weighted by Crippen LogP contribution is 2.30. The summed E-state index contributed by atoms with van der Waals surface area (Å²) in [5, 5.41) is 2.82. The summed E-state index contributed by atoms with van der Waals surface area (Å²) >= 11 is 0. The van der Waals surface area contributed by atoms with E-state index < -0.39 is 10.0 Å². The Bertz CT molecular complexity index is 1540. The number of nitrogens with one attached hydrogen (secondary N) is 1. The van der Waals surface area contributed by atoms with Gasteiger partial charge in [-0.2, -0.15) is 0 Å². The van der Waals surface area contributed by atoms with Gasteiger partial charge >= 0.3 is 0 Å². The zero-order valence-corrected chi connectivity index (χ0v) is 20.5. The van der Waals surface area contributed by atoms with Crippen LogP contribution in [0.15, 0.2) is 102 Å². The van der Waals surface area contributed by atoms with Crippen molar-refractivity contribution in [2.24, 2.45) is 0 Å². The molecule has 4 aromatic rings. The van der Waals surface area contributed by atoms with Crippen molar-refractivity contribution in [3.05, 3.63) is 114 Å². The van der Waals surface area contributed by atoms with Crippen LogP contribution in [0.2, 0.25) is 0 Å². The van der Waals surface area contributed by atoms with Crippen LogP contribution in [0.4, 0.5) is 11.4 Å². The molecule has 4 rings (SSSR count). The fraction of sp³-hybridized carbons (Fsp3) is 0.0714. The minimum absolute atomic E-state index is 0.0549. The number of aromatic nitrogens is 1. The summed E-state index contributed by atoms with van der Waals surface area (Å²) < 4.78 is 32.7. The summed E-state index contributed by atoms with van der Waals surface area (Å²) in [6.45, 7) is 0. The van der Waals surface area contributed by atoms with Crippen molar-refractivity contribution in [1.82, 2.24) is 4.98 Å². The van der Waals surface area contributed by atoms with Crippen molar-refractivity contribution >= 4 is 27.3 Å². The number of anilines is 2. The zero-order valence-electron chi connectivity index (χ0n) is 19.7. The lowest BCUT2D eigenvalue weighted by Gasteiger charge is -2.21. The van der Waals surface area contributed by atoms with Crippen molar-refractivity contribution in [2.75, 3.05) is 23.8 Å². The monoisotopic (exact) mass is 497 g/mol. The number of hydrogen-bond donors (Lipinski definition) is 1. The summed E-state index contributed by atoms with van der Waals surface area (Å²) in [7, 11) is -0.922. The molecule has 0 aliphatic carbocycles. The molecular formula is C28H23N3O4S. The number of carbonyl (C=O) groups is 1. The molecule has 0 radical (unpaired) electrons. The van der Waals surface area contributed by atoms with Gasteiger partial charge in [-0.1, -0.05) is 30.2 Å². The molecule has 0 atom stereocenters. The molecule has 0 unspecified atom stereocenters. The number of sulfonamides is 1. The Hall–Kier alpha value is -4.61. The van der Waals surface area contributed by atoms with Crippen LogP contribution in [0.5, 0.6) is 5.75 Å². The van der Waals surface area contributed by atoms with Gasteiger partial charge in [0, 0.05) is 30.1 Å². The van der Waals surface area contributed by atoms with Gasteiger partial charge in [0.25, 0.3) is 15.9 Å². The van der Waals surface area contributed by atoms with Crippen LogP contribution in [-0.4, -0.2) is 33.5 Å². The van der Waals surface area contributed by atoms with Crippen molar-refractivity contribution in [3.63, 3.8) is 0 Å². The smallest absolute Gasteiger partial charge is 0.264 e. The van der Waals surface area contributed by atoms with Crippen molar-refractivity contribution in [3.8, 4) is 17.6 Å². The first kappa shape index (κ1) is 24.5. The molecular weight excluding hydrogens is 474 g/mol. The van der Waals surface area contributed by atoms with Crippen LogP contribution >= 0.6 is 0 Å². The Balaban J connectivity index is 1.48. The summed E-state index contributed by atoms with van der Waals surface area (Å²) in [5.74, 6) is 6.07. The standard InChI is InChI=1S/C28H23N3O4S/c1-31(26-11-3-4-12-27(26)35-2)36(33,34)25-17-14-22(15-18-25)28(32)30-24-10-7-8-21(20-24)13-16-23-9-5-6-19-29-23/h3-12,14-15,17-20H,1-2H3,(H,30,32). The third-order valence-corrected chi connectivity index (χ3v) is 7.11. The number of ether oxygens (including phenoxy) is 1. The van der Waals surface area contributed by atoms with Crippen LogP contribution < -0.4 is 14.4 Å². The van der Waals surface area contributed by atoms with E-state index in [9.17, 15) is 13.2 Å². The lowest BCUT2D eigenvalue weighted by molar-refractivity contribution is 0.102. The summed E-state index contributed by atoms with van der Waals surface area (Å²) in [4.78, 5) is 17.0. The first-order valence-corrected chi connectivity index (χ1v) is 12.4. The van der Waals surface area contributed by atoms with Crippen LogP contribution in [0, 0.1) is 11.8 Å². The van der Waals surface area contributed by atoms with Crippen LogP contribution in [0.25, 0.3) is 0 Å². The SMILES string of the molecule is COc1ccccc1N(C)S(=O)(=O)c1ccc(C(=O)Nc2cccc(C#Cc3ccccn3)c2)cc1. The average Bonchev–Trinajstić information content (AvgIpc) is 2.92. The van der Waals surface area contributed by atoms with E-state index in [0.717, 1.165) is 9.87 Å². The van der Waals surface area contributed by atoms with Gasteiger partial charge in [-0.05, 0) is 72.7 Å². The molecule has 1 heterocycles. The first-order valence-electron chi connectivity index (χ1n) is 10.9. The summed E-state index contributed by atoms with van der Waals surface area (Å²) in [5.41, 5.74) is 2.67. The van der Waals surface area contributed by atoms with E-state index in [1.165, 1.54) is 38.4 Å². The minimum Gasteiger partial charge on any atom is -0.495 e. The second kappa shape index (κ2) is 10.8. The average molecular weight is 498 g/mol. The third kappa shape index (κ3) is 5.54. The Kier molecular flexibility index (Phi) is 7.33. The normalized spacial score (nSPS) is 10.6. The third-order valence-electron chi connectivity index (χ3n) is 5.32. The van der Waals surface area contributed by atoms with E-state index in [0.29, 0.717) is 28.4 Å². The molecule has 0 aliphatic rings. The predicted octanol–water partition coefficient (Wildman–Crippen LogP) is 4.57. The van der Waals surface area contributed by atoms with E-state index in [2.05, 4.69) is 22.1 Å². The predicted molar refractivity (Wildman–Crippen MR) is 140 cm³/mol. The molecule has 0 spiro atoms. The number of benzene rings is 3. The molecule has 1 N–H and O–H groups in total. The molecule has 8 heteroatoms. The number of rotatable bonds is 6. The van der Waals surface area contributed by atoms with Gasteiger partial charge in [0.2, 0.25) is 0 Å². The first-order chi connectivity index (χ1) is 17.4. The van der Waals surface area contributed by atoms with Crippen molar-refractivity contribution in [1.29, 1.82) is 0 Å². The number of methoxy groups -OCH3 is 1. The number of pyridine rings is 1. The maximum absolute atomic E-state index is 13.1. The lowest BCUT2D eigenvalue weighted by Crippen LogP contribution is -2.27. The highest BCUT2D eigenvalue weighted by atomic mass is 32.2. The highest BCUT2D eigenvalue weighted by molar-refractivity contribution is 7.92. The van der Waals surface area contributed by atoms with E-state index >= 15 is 0 Å². The maximum atomic E-state index is 13.1. The molecule has 1 aromatic heterocycles. The van der Waals surface area contributed by atoms with E-state index in [1.807, 2.05) is 24.3 Å². The Labute approximate surface area is 210 Å². The molecule has 3 aromatic carbocycles. The quantitative estimate of drug-likeness (QED) is 0.395. The number of amides is 1. The fourth-order valence-electron chi connectivity index (χ4n) is 3.41. The van der Waals surface area contributed by atoms with Crippen LogP contribution in [-0.2, 0) is 10.0 Å². The molecule has 180 valence electrons. The number of para-hydroxylation sites is 2. The molecule has 0 saturated heterocycles. The topological polar surface area (TPSA) is 88.6 Å². The van der Waals surface area contributed by atoms with E-state index in [-0.39, 0.29) is 10.8 Å². The molecule has 0 bridgehead atoms. The van der Waals surface area contributed by atoms with Gasteiger partial charge in [0.05, 0.1) is 17.7 Å². The zero-order chi connectivity index (χ0) is 25.5. The highest BCUT2D eigenvalue weighted by Gasteiger charge is 2.24. The maximum Gasteiger partial charge on any atom is 0.264 e. The lowest BCUT2D eigenvalue weighted by atomic mass is 10.1. The largest absolute Gasteiger partial charge is 0.495 e. The Morgan fingerprint density at radius 2 is 1.67 bits per heavy atom. The second-order valence-electron chi connectivity index (χ2n) is 7.67. The van der Waals surface area contributed by atoms with Gasteiger partial charge < -0.3 is 10.1 Å². The number of carbonyl (C=O) groups excluding carboxylic acids is 1. The molecule has 0 aliphatic heterocycles. The van der Waals surface area contributed by atoms with Gasteiger partial charge in [-0.15, -0.1) is 0 Å². The Morgan fingerprint density at radius 1 is 0.917 bits per heavy atom. The molecule has 0 fully saturated rings. The van der Waals surface area contributed by atoms with Crippen molar-refractivity contribution in [2.45, 2.75) is 4.90 Å². The second-order valence-corrected chi connectivity index (χ2v) is 9.64. The van der Waals surface area contributed by atoms with Crippen LogP contribution in [0.1, 0.15) is 21.6 Å². The molecule has 36 heavy (non-hydrogen) atoms. The van der Waals surface area contributed by atoms with E-state index in [1.54, 1.807) is 48.7 Å². The number of nitrogens with zero attached hydrogens (tertiary/aromatic N) is 2. The molecule has 1 amide bonds. The molecule has 7 nitrogen and oxygen atoms in total.